The Morgan fingerprint density at radius 1 is 1.19 bits per heavy atom. The molecule has 0 spiro atoms. The largest absolute Gasteiger partial charge is 0.508 e. The SMILES string of the molecule is CC1CN(CCN(CC2CCCCC2)C(=O)CCC(=O)O)CCC1(C)c1cccc(O)c1. The third-order valence-electron chi connectivity index (χ3n) is 7.87. The van der Waals surface area contributed by atoms with Crippen LogP contribution < -0.4 is 0 Å². The number of carbonyl (C=O) groups is 2. The summed E-state index contributed by atoms with van der Waals surface area (Å²) in [5.41, 5.74) is 1.21. The van der Waals surface area contributed by atoms with Crippen molar-refractivity contribution < 1.29 is 19.8 Å². The van der Waals surface area contributed by atoms with Crippen LogP contribution in [-0.2, 0) is 15.0 Å². The summed E-state index contributed by atoms with van der Waals surface area (Å²) in [6.45, 7) is 8.73. The summed E-state index contributed by atoms with van der Waals surface area (Å²) in [5, 5.41) is 18.9. The van der Waals surface area contributed by atoms with Crippen molar-refractivity contribution in [3.63, 3.8) is 0 Å². The van der Waals surface area contributed by atoms with E-state index in [4.69, 9.17) is 5.11 Å². The molecule has 1 heterocycles. The van der Waals surface area contributed by atoms with Crippen LogP contribution in [0.25, 0.3) is 0 Å². The van der Waals surface area contributed by atoms with Gasteiger partial charge in [0.15, 0.2) is 0 Å². The van der Waals surface area contributed by atoms with E-state index in [1.807, 2.05) is 17.0 Å². The summed E-state index contributed by atoms with van der Waals surface area (Å²) in [7, 11) is 0. The Hall–Kier alpha value is -2.08. The van der Waals surface area contributed by atoms with Crippen molar-refractivity contribution >= 4 is 11.9 Å². The summed E-state index contributed by atoms with van der Waals surface area (Å²) in [6.07, 6.45) is 7.10. The van der Waals surface area contributed by atoms with Gasteiger partial charge in [0.05, 0.1) is 6.42 Å². The fourth-order valence-electron chi connectivity index (χ4n) is 5.44. The van der Waals surface area contributed by atoms with Gasteiger partial charge in [-0.1, -0.05) is 45.2 Å². The smallest absolute Gasteiger partial charge is 0.303 e. The first-order valence-corrected chi connectivity index (χ1v) is 12.3. The van der Waals surface area contributed by atoms with E-state index < -0.39 is 5.97 Å². The fourth-order valence-corrected chi connectivity index (χ4v) is 5.44. The number of carboxylic acid groups (broad SMARTS) is 1. The number of aromatic hydroxyl groups is 1. The predicted octanol–water partition coefficient (Wildman–Crippen LogP) is 4.27. The summed E-state index contributed by atoms with van der Waals surface area (Å²) >= 11 is 0. The van der Waals surface area contributed by atoms with Crippen molar-refractivity contribution in [2.75, 3.05) is 32.7 Å². The maximum absolute atomic E-state index is 12.8. The summed E-state index contributed by atoms with van der Waals surface area (Å²) in [6, 6.07) is 7.63. The first-order valence-electron chi connectivity index (χ1n) is 12.3. The number of aliphatic carboxylic acids is 1. The summed E-state index contributed by atoms with van der Waals surface area (Å²) < 4.78 is 0. The number of piperidine rings is 1. The number of carboxylic acids is 1. The van der Waals surface area contributed by atoms with Crippen LogP contribution in [-0.4, -0.2) is 64.6 Å². The molecule has 0 bridgehead atoms. The van der Waals surface area contributed by atoms with Crippen LogP contribution in [0.1, 0.15) is 70.8 Å². The lowest BCUT2D eigenvalue weighted by Gasteiger charge is -2.45. The number of phenolic OH excluding ortho intramolecular Hbond substituents is 1. The number of hydrogen-bond acceptors (Lipinski definition) is 4. The molecule has 0 radical (unpaired) electrons. The van der Waals surface area contributed by atoms with Crippen LogP contribution >= 0.6 is 0 Å². The standard InChI is InChI=1S/C26H40N2O4/c1-20-18-27(14-13-26(20,2)22-9-6-10-23(29)17-22)15-16-28(24(30)11-12-25(31)32)19-21-7-4-3-5-8-21/h6,9-10,17,20-21,29H,3-5,7-8,11-16,18-19H2,1-2H3,(H,31,32). The molecule has 2 atom stereocenters. The molecule has 2 N–H and O–H groups in total. The lowest BCUT2D eigenvalue weighted by Crippen LogP contribution is -2.50. The van der Waals surface area contributed by atoms with Crippen LogP contribution in [0.5, 0.6) is 5.75 Å². The minimum atomic E-state index is -0.910. The predicted molar refractivity (Wildman–Crippen MR) is 126 cm³/mol. The van der Waals surface area contributed by atoms with E-state index in [1.165, 1.54) is 37.7 Å². The van der Waals surface area contributed by atoms with Crippen LogP contribution in [0.3, 0.4) is 0 Å². The average Bonchev–Trinajstić information content (AvgIpc) is 2.78. The van der Waals surface area contributed by atoms with Crippen LogP contribution in [0.15, 0.2) is 24.3 Å². The van der Waals surface area contributed by atoms with Crippen LogP contribution in [0.2, 0.25) is 0 Å². The maximum atomic E-state index is 12.8. The Kier molecular flexibility index (Phi) is 8.57. The highest BCUT2D eigenvalue weighted by Crippen LogP contribution is 2.40. The fraction of sp³-hybridized carbons (Fsp3) is 0.692. The van der Waals surface area contributed by atoms with E-state index in [1.54, 1.807) is 6.07 Å². The van der Waals surface area contributed by atoms with E-state index in [-0.39, 0.29) is 24.2 Å². The molecule has 6 heteroatoms. The second-order valence-corrected chi connectivity index (χ2v) is 10.2. The van der Waals surface area contributed by atoms with Crippen molar-refractivity contribution in [2.45, 2.75) is 70.6 Å². The molecule has 1 amide bonds. The Morgan fingerprint density at radius 2 is 1.94 bits per heavy atom. The van der Waals surface area contributed by atoms with Crippen molar-refractivity contribution in [1.29, 1.82) is 0 Å². The molecule has 2 aliphatic rings. The molecule has 2 fully saturated rings. The number of amides is 1. The molecule has 6 nitrogen and oxygen atoms in total. The van der Waals surface area contributed by atoms with Gasteiger partial charge < -0.3 is 20.0 Å². The number of hydrogen-bond donors (Lipinski definition) is 2. The number of likely N-dealkylation sites (tertiary alicyclic amines) is 1. The molecule has 1 aliphatic heterocycles. The normalized spacial score (nSPS) is 24.9. The molecule has 1 aromatic carbocycles. The number of phenols is 1. The zero-order valence-electron chi connectivity index (χ0n) is 19.8. The Morgan fingerprint density at radius 3 is 2.59 bits per heavy atom. The van der Waals surface area contributed by atoms with Crippen molar-refractivity contribution in [3.8, 4) is 5.75 Å². The lowest BCUT2D eigenvalue weighted by atomic mass is 9.68. The van der Waals surface area contributed by atoms with E-state index in [9.17, 15) is 14.7 Å². The van der Waals surface area contributed by atoms with Gasteiger partial charge in [-0.15, -0.1) is 0 Å². The van der Waals surface area contributed by atoms with Gasteiger partial charge in [0.2, 0.25) is 5.91 Å². The van der Waals surface area contributed by atoms with E-state index in [0.29, 0.717) is 24.1 Å². The zero-order valence-corrected chi connectivity index (χ0v) is 19.8. The minimum Gasteiger partial charge on any atom is -0.508 e. The molecule has 32 heavy (non-hydrogen) atoms. The van der Waals surface area contributed by atoms with Gasteiger partial charge in [-0.2, -0.15) is 0 Å². The second-order valence-electron chi connectivity index (χ2n) is 10.2. The second kappa shape index (κ2) is 11.2. The van der Waals surface area contributed by atoms with Crippen molar-refractivity contribution in [1.82, 2.24) is 9.80 Å². The Labute approximate surface area is 192 Å². The highest BCUT2D eigenvalue weighted by molar-refractivity contribution is 5.80. The van der Waals surface area contributed by atoms with Gasteiger partial charge in [-0.25, -0.2) is 0 Å². The zero-order chi connectivity index (χ0) is 23.1. The van der Waals surface area contributed by atoms with Gasteiger partial charge in [-0.05, 0) is 60.8 Å². The minimum absolute atomic E-state index is 0.0207. The van der Waals surface area contributed by atoms with E-state index in [2.05, 4.69) is 24.8 Å². The average molecular weight is 445 g/mol. The van der Waals surface area contributed by atoms with Gasteiger partial charge >= 0.3 is 5.97 Å². The Bertz CT molecular complexity index is 777. The first kappa shape index (κ1) is 24.6. The molecule has 1 saturated heterocycles. The highest BCUT2D eigenvalue weighted by atomic mass is 16.4. The molecule has 0 aromatic heterocycles. The molecule has 1 aliphatic carbocycles. The van der Waals surface area contributed by atoms with Gasteiger partial charge in [-0.3, -0.25) is 9.59 Å². The van der Waals surface area contributed by atoms with Crippen molar-refractivity contribution in [3.05, 3.63) is 29.8 Å². The molecule has 178 valence electrons. The number of nitrogens with zero attached hydrogens (tertiary/aromatic N) is 2. The lowest BCUT2D eigenvalue weighted by molar-refractivity contribution is -0.141. The molecule has 1 aromatic rings. The highest BCUT2D eigenvalue weighted by Gasteiger charge is 2.38. The molecular formula is C26H40N2O4. The molecule has 1 saturated carbocycles. The number of carbonyl (C=O) groups excluding carboxylic acids is 1. The van der Waals surface area contributed by atoms with E-state index in [0.717, 1.165) is 32.6 Å². The van der Waals surface area contributed by atoms with Gasteiger partial charge in [0.25, 0.3) is 0 Å². The monoisotopic (exact) mass is 444 g/mol. The first-order chi connectivity index (χ1) is 15.3. The maximum Gasteiger partial charge on any atom is 0.303 e. The van der Waals surface area contributed by atoms with Crippen molar-refractivity contribution in [2.24, 2.45) is 11.8 Å². The van der Waals surface area contributed by atoms with Crippen LogP contribution in [0, 0.1) is 11.8 Å². The number of benzene rings is 1. The van der Waals surface area contributed by atoms with E-state index >= 15 is 0 Å². The molecular weight excluding hydrogens is 404 g/mol. The summed E-state index contributed by atoms with van der Waals surface area (Å²) in [4.78, 5) is 28.1. The third kappa shape index (κ3) is 6.47. The molecule has 2 unspecified atom stereocenters. The quantitative estimate of drug-likeness (QED) is 0.595. The van der Waals surface area contributed by atoms with Crippen LogP contribution in [0.4, 0.5) is 0 Å². The van der Waals surface area contributed by atoms with Gasteiger partial charge in [0, 0.05) is 32.6 Å². The third-order valence-corrected chi connectivity index (χ3v) is 7.87. The number of rotatable bonds is 9. The Balaban J connectivity index is 1.57. The topological polar surface area (TPSA) is 81.1 Å². The van der Waals surface area contributed by atoms with Gasteiger partial charge in [0.1, 0.15) is 5.75 Å². The summed E-state index contributed by atoms with van der Waals surface area (Å²) in [5.74, 6) is 0.357. The molecule has 3 rings (SSSR count).